The van der Waals surface area contributed by atoms with E-state index in [1.54, 1.807) is 13.8 Å². The molecular weight excluding hydrogens is 148 g/mol. The molecule has 62 valence electrons. The summed E-state index contributed by atoms with van der Waals surface area (Å²) in [6.45, 7) is 4.41. The van der Waals surface area contributed by atoms with Crippen LogP contribution in [0.1, 0.15) is 12.8 Å². The first kappa shape index (κ1) is 9.61. The summed E-state index contributed by atoms with van der Waals surface area (Å²) in [5, 5.41) is 6.91. The summed E-state index contributed by atoms with van der Waals surface area (Å²) in [5.41, 5.74) is 0. The Labute approximate surface area is 64.4 Å². The third kappa shape index (κ3) is 6.50. The second-order valence-corrected chi connectivity index (χ2v) is 1.51. The first-order valence-corrected chi connectivity index (χ1v) is 3.09. The van der Waals surface area contributed by atoms with Gasteiger partial charge in [-0.15, -0.1) is 10.2 Å². The Kier molecular flexibility index (Phi) is 5.88. The van der Waals surface area contributed by atoms with Crippen molar-refractivity contribution in [2.45, 2.75) is 13.8 Å². The number of hydrogen-bond donors (Lipinski definition) is 0. The van der Waals surface area contributed by atoms with Crippen molar-refractivity contribution >= 4 is 6.47 Å². The maximum Gasteiger partial charge on any atom is 0.293 e. The lowest BCUT2D eigenvalue weighted by atomic mass is 10.8. The van der Waals surface area contributed by atoms with Crippen LogP contribution in [0.15, 0.2) is 10.8 Å². The molecule has 0 aromatic carbocycles. The average Bonchev–Trinajstić information content (AvgIpc) is 2.43. The fraction of sp³-hybridized carbons (Fsp3) is 0.500. The van der Waals surface area contributed by atoms with Crippen molar-refractivity contribution in [3.05, 3.63) is 12.3 Å². The Bertz CT molecular complexity index is 174. The molecule has 5 heteroatoms. The maximum absolute atomic E-state index is 9.18. The summed E-state index contributed by atoms with van der Waals surface area (Å²) in [4.78, 5) is 9.18. The van der Waals surface area contributed by atoms with E-state index in [-0.39, 0.29) is 0 Å². The Morgan fingerprint density at radius 3 is 2.64 bits per heavy atom. The molecule has 1 rings (SSSR count). The van der Waals surface area contributed by atoms with Gasteiger partial charge < -0.3 is 9.15 Å². The zero-order valence-corrected chi connectivity index (χ0v) is 6.48. The Balaban J connectivity index is 0.000000187. The van der Waals surface area contributed by atoms with E-state index in [4.69, 9.17) is 0 Å². The average molecular weight is 158 g/mol. The van der Waals surface area contributed by atoms with Crippen molar-refractivity contribution in [2.75, 3.05) is 6.61 Å². The summed E-state index contributed by atoms with van der Waals surface area (Å²) in [7, 11) is 0. The molecule has 1 heterocycles. The van der Waals surface area contributed by atoms with Gasteiger partial charge in [0.05, 0.1) is 6.61 Å². The van der Waals surface area contributed by atoms with E-state index in [1.165, 1.54) is 6.39 Å². The summed E-state index contributed by atoms with van der Waals surface area (Å²) in [6.07, 6.45) is 1.30. The van der Waals surface area contributed by atoms with Gasteiger partial charge in [0.25, 0.3) is 6.47 Å². The fourth-order valence-electron chi connectivity index (χ4n) is 0.296. The van der Waals surface area contributed by atoms with E-state index in [2.05, 4.69) is 19.4 Å². The third-order valence-corrected chi connectivity index (χ3v) is 0.704. The third-order valence-electron chi connectivity index (χ3n) is 0.704. The van der Waals surface area contributed by atoms with Gasteiger partial charge in [-0.2, -0.15) is 0 Å². The predicted octanol–water partition coefficient (Wildman–Crippen LogP) is 0.557. The summed E-state index contributed by atoms with van der Waals surface area (Å²) in [5.74, 6) is 0.606. The molecule has 0 aliphatic heterocycles. The highest BCUT2D eigenvalue weighted by molar-refractivity contribution is 5.36. The summed E-state index contributed by atoms with van der Waals surface area (Å²) < 4.78 is 8.76. The van der Waals surface area contributed by atoms with Gasteiger partial charge in [0, 0.05) is 6.92 Å². The van der Waals surface area contributed by atoms with Crippen LogP contribution in [-0.4, -0.2) is 23.3 Å². The highest BCUT2D eigenvalue weighted by atomic mass is 16.5. The standard InChI is InChI=1S/C3H4N2O.C3H6O2/c1-3-5-4-2-6-3;1-2-5-3-4/h2H,1H3;3H,2H2,1H3. The van der Waals surface area contributed by atoms with E-state index < -0.39 is 0 Å². The quantitative estimate of drug-likeness (QED) is 0.588. The van der Waals surface area contributed by atoms with E-state index in [0.717, 1.165) is 0 Å². The van der Waals surface area contributed by atoms with Crippen molar-refractivity contribution in [1.82, 2.24) is 10.2 Å². The Morgan fingerprint density at radius 1 is 1.82 bits per heavy atom. The molecule has 0 saturated heterocycles. The van der Waals surface area contributed by atoms with E-state index in [9.17, 15) is 4.79 Å². The Hall–Kier alpha value is -1.39. The second-order valence-electron chi connectivity index (χ2n) is 1.51. The summed E-state index contributed by atoms with van der Waals surface area (Å²) in [6, 6.07) is 0. The van der Waals surface area contributed by atoms with Crippen molar-refractivity contribution in [3.8, 4) is 0 Å². The number of carbonyl (C=O) groups is 1. The van der Waals surface area contributed by atoms with Gasteiger partial charge >= 0.3 is 0 Å². The van der Waals surface area contributed by atoms with Gasteiger partial charge in [-0.25, -0.2) is 0 Å². The van der Waals surface area contributed by atoms with Crippen LogP contribution in [0.3, 0.4) is 0 Å². The van der Waals surface area contributed by atoms with Crippen LogP contribution in [0.25, 0.3) is 0 Å². The molecule has 0 spiro atoms. The number of hydrogen-bond acceptors (Lipinski definition) is 5. The molecule has 0 saturated carbocycles. The second kappa shape index (κ2) is 6.73. The Morgan fingerprint density at radius 2 is 2.55 bits per heavy atom. The highest BCUT2D eigenvalue weighted by Gasteiger charge is 1.79. The van der Waals surface area contributed by atoms with Gasteiger partial charge in [0.2, 0.25) is 12.3 Å². The minimum Gasteiger partial charge on any atom is -0.468 e. The molecule has 0 unspecified atom stereocenters. The van der Waals surface area contributed by atoms with Crippen molar-refractivity contribution in [3.63, 3.8) is 0 Å². The highest BCUT2D eigenvalue weighted by Crippen LogP contribution is 1.82. The van der Waals surface area contributed by atoms with Gasteiger partial charge in [-0.1, -0.05) is 0 Å². The van der Waals surface area contributed by atoms with Crippen LogP contribution in [0.2, 0.25) is 0 Å². The van der Waals surface area contributed by atoms with Crippen molar-refractivity contribution < 1.29 is 13.9 Å². The summed E-state index contributed by atoms with van der Waals surface area (Å²) >= 11 is 0. The molecule has 0 bridgehead atoms. The number of ether oxygens (including phenoxy) is 1. The molecule has 0 fully saturated rings. The molecule has 1 aromatic heterocycles. The SMILES string of the molecule is CCOC=O.Cc1nnco1. The zero-order chi connectivity index (χ0) is 8.53. The van der Waals surface area contributed by atoms with Crippen LogP contribution >= 0.6 is 0 Å². The number of rotatable bonds is 2. The van der Waals surface area contributed by atoms with Crippen LogP contribution < -0.4 is 0 Å². The van der Waals surface area contributed by atoms with E-state index in [0.29, 0.717) is 19.0 Å². The largest absolute Gasteiger partial charge is 0.468 e. The lowest BCUT2D eigenvalue weighted by Crippen LogP contribution is -1.80. The van der Waals surface area contributed by atoms with Gasteiger partial charge in [-0.3, -0.25) is 4.79 Å². The monoisotopic (exact) mass is 158 g/mol. The zero-order valence-electron chi connectivity index (χ0n) is 6.48. The van der Waals surface area contributed by atoms with Gasteiger partial charge in [0.15, 0.2) is 0 Å². The molecule has 0 aliphatic rings. The first-order chi connectivity index (χ1) is 5.31. The van der Waals surface area contributed by atoms with Crippen molar-refractivity contribution in [1.29, 1.82) is 0 Å². The van der Waals surface area contributed by atoms with Gasteiger partial charge in [-0.05, 0) is 6.92 Å². The molecule has 0 N–H and O–H groups in total. The van der Waals surface area contributed by atoms with Crippen LogP contribution in [0, 0.1) is 6.92 Å². The predicted molar refractivity (Wildman–Crippen MR) is 36.7 cm³/mol. The van der Waals surface area contributed by atoms with Crippen LogP contribution in [-0.2, 0) is 9.53 Å². The van der Waals surface area contributed by atoms with Crippen molar-refractivity contribution in [2.24, 2.45) is 0 Å². The number of carbonyl (C=O) groups excluding carboxylic acids is 1. The fourth-order valence-corrected chi connectivity index (χ4v) is 0.296. The minimum atomic E-state index is 0.431. The molecule has 1 aromatic rings. The molecular formula is C6H10N2O3. The van der Waals surface area contributed by atoms with E-state index >= 15 is 0 Å². The molecule has 5 nitrogen and oxygen atoms in total. The van der Waals surface area contributed by atoms with E-state index in [1.807, 2.05) is 0 Å². The molecule has 11 heavy (non-hydrogen) atoms. The first-order valence-electron chi connectivity index (χ1n) is 3.09. The normalized spacial score (nSPS) is 7.82. The van der Waals surface area contributed by atoms with Crippen LogP contribution in [0.5, 0.6) is 0 Å². The van der Waals surface area contributed by atoms with Crippen LogP contribution in [0.4, 0.5) is 0 Å². The number of aryl methyl sites for hydroxylation is 1. The lowest BCUT2D eigenvalue weighted by molar-refractivity contribution is -0.128. The minimum absolute atomic E-state index is 0.431. The topological polar surface area (TPSA) is 65.2 Å². The molecule has 0 amide bonds. The molecule has 0 aliphatic carbocycles. The number of nitrogens with zero attached hydrogens (tertiary/aromatic N) is 2. The molecule has 0 atom stereocenters. The lowest BCUT2D eigenvalue weighted by Gasteiger charge is -1.79. The maximum atomic E-state index is 9.18. The molecule has 0 radical (unpaired) electrons. The number of aromatic nitrogens is 2. The smallest absolute Gasteiger partial charge is 0.293 e. The van der Waals surface area contributed by atoms with Gasteiger partial charge in [0.1, 0.15) is 0 Å².